The smallest absolute Gasteiger partial charge is 0.223 e. The van der Waals surface area contributed by atoms with Crippen molar-refractivity contribution in [1.29, 1.82) is 5.26 Å². The molecule has 0 bridgehead atoms. The van der Waals surface area contributed by atoms with Crippen molar-refractivity contribution in [3.63, 3.8) is 0 Å². The molecule has 0 aromatic carbocycles. The van der Waals surface area contributed by atoms with Crippen LogP contribution in [0.2, 0.25) is 0 Å². The van der Waals surface area contributed by atoms with Gasteiger partial charge in [0.25, 0.3) is 0 Å². The van der Waals surface area contributed by atoms with E-state index in [4.69, 9.17) is 5.26 Å². The van der Waals surface area contributed by atoms with Crippen LogP contribution in [0.25, 0.3) is 0 Å². The predicted octanol–water partition coefficient (Wildman–Crippen LogP) is 2.33. The molecule has 3 heteroatoms. The fourth-order valence-electron chi connectivity index (χ4n) is 2.24. The van der Waals surface area contributed by atoms with Gasteiger partial charge in [0, 0.05) is 13.0 Å². The largest absolute Gasteiger partial charge is 0.329 e. The Morgan fingerprint density at radius 2 is 2.13 bits per heavy atom. The molecule has 15 heavy (non-hydrogen) atoms. The summed E-state index contributed by atoms with van der Waals surface area (Å²) in [4.78, 5) is 13.5. The standard InChI is InChI=1S/C12H20N2O/c1-2-8-14(9-7-13)12(15)10-11-5-3-4-6-11/h11H,2-6,8-10H2,1H3. The van der Waals surface area contributed by atoms with Crippen LogP contribution in [0.5, 0.6) is 0 Å². The lowest BCUT2D eigenvalue weighted by Crippen LogP contribution is -2.33. The molecule has 0 aromatic rings. The quantitative estimate of drug-likeness (QED) is 0.651. The van der Waals surface area contributed by atoms with Gasteiger partial charge in [-0.05, 0) is 25.2 Å². The van der Waals surface area contributed by atoms with Crippen LogP contribution in [-0.2, 0) is 4.79 Å². The molecular weight excluding hydrogens is 188 g/mol. The van der Waals surface area contributed by atoms with Crippen LogP contribution in [0.1, 0.15) is 45.4 Å². The third kappa shape index (κ3) is 3.91. The highest BCUT2D eigenvalue weighted by Gasteiger charge is 2.21. The van der Waals surface area contributed by atoms with Gasteiger partial charge in [-0.1, -0.05) is 19.8 Å². The minimum absolute atomic E-state index is 0.172. The first-order valence-electron chi connectivity index (χ1n) is 5.92. The van der Waals surface area contributed by atoms with Gasteiger partial charge in [0.1, 0.15) is 6.54 Å². The van der Waals surface area contributed by atoms with E-state index in [1.165, 1.54) is 25.7 Å². The maximum atomic E-state index is 11.9. The average Bonchev–Trinajstić information content (AvgIpc) is 2.70. The molecule has 1 fully saturated rings. The van der Waals surface area contributed by atoms with Gasteiger partial charge >= 0.3 is 0 Å². The molecule has 1 amide bonds. The summed E-state index contributed by atoms with van der Waals surface area (Å²) in [5.41, 5.74) is 0. The van der Waals surface area contributed by atoms with Crippen LogP contribution in [-0.4, -0.2) is 23.9 Å². The summed E-state index contributed by atoms with van der Waals surface area (Å²) in [6, 6.07) is 2.06. The molecule has 0 radical (unpaired) electrons. The second-order valence-electron chi connectivity index (χ2n) is 4.33. The molecule has 0 aliphatic heterocycles. The average molecular weight is 208 g/mol. The van der Waals surface area contributed by atoms with Crippen LogP contribution in [0.15, 0.2) is 0 Å². The highest BCUT2D eigenvalue weighted by atomic mass is 16.2. The van der Waals surface area contributed by atoms with Crippen molar-refractivity contribution in [2.24, 2.45) is 5.92 Å². The Hall–Kier alpha value is -1.04. The molecule has 0 atom stereocenters. The Morgan fingerprint density at radius 3 is 2.67 bits per heavy atom. The first-order chi connectivity index (χ1) is 7.27. The molecule has 0 saturated heterocycles. The number of nitrogens with zero attached hydrogens (tertiary/aromatic N) is 2. The molecule has 0 N–H and O–H groups in total. The number of carbonyl (C=O) groups excluding carboxylic acids is 1. The second kappa shape index (κ2) is 6.44. The van der Waals surface area contributed by atoms with Crippen molar-refractivity contribution in [2.45, 2.75) is 45.4 Å². The summed E-state index contributed by atoms with van der Waals surface area (Å²) in [5, 5.41) is 8.63. The zero-order valence-electron chi connectivity index (χ0n) is 9.54. The van der Waals surface area contributed by atoms with E-state index in [1.807, 2.05) is 6.92 Å². The molecule has 1 aliphatic rings. The SMILES string of the molecule is CCCN(CC#N)C(=O)CC1CCCC1. The molecular formula is C12H20N2O. The van der Waals surface area contributed by atoms with Crippen molar-refractivity contribution < 1.29 is 4.79 Å². The van der Waals surface area contributed by atoms with E-state index < -0.39 is 0 Å². The van der Waals surface area contributed by atoms with Gasteiger partial charge in [0.2, 0.25) is 5.91 Å². The Bertz CT molecular complexity index is 238. The maximum absolute atomic E-state index is 11.9. The molecule has 0 heterocycles. The summed E-state index contributed by atoms with van der Waals surface area (Å²) < 4.78 is 0. The molecule has 0 spiro atoms. The lowest BCUT2D eigenvalue weighted by Gasteiger charge is -2.20. The van der Waals surface area contributed by atoms with E-state index in [1.54, 1.807) is 4.90 Å². The number of rotatable bonds is 5. The van der Waals surface area contributed by atoms with Gasteiger partial charge in [-0.2, -0.15) is 5.26 Å². The zero-order chi connectivity index (χ0) is 11.1. The molecule has 1 saturated carbocycles. The summed E-state index contributed by atoms with van der Waals surface area (Å²) in [5.74, 6) is 0.751. The molecule has 0 unspecified atom stereocenters. The van der Waals surface area contributed by atoms with Crippen molar-refractivity contribution in [3.8, 4) is 6.07 Å². The van der Waals surface area contributed by atoms with Crippen molar-refractivity contribution >= 4 is 5.91 Å². The zero-order valence-corrected chi connectivity index (χ0v) is 9.54. The number of hydrogen-bond acceptors (Lipinski definition) is 2. The van der Waals surface area contributed by atoms with Crippen molar-refractivity contribution in [1.82, 2.24) is 4.90 Å². The van der Waals surface area contributed by atoms with E-state index in [2.05, 4.69) is 6.07 Å². The molecule has 3 nitrogen and oxygen atoms in total. The van der Waals surface area contributed by atoms with E-state index >= 15 is 0 Å². The van der Waals surface area contributed by atoms with Gasteiger partial charge in [-0.15, -0.1) is 0 Å². The lowest BCUT2D eigenvalue weighted by molar-refractivity contribution is -0.131. The van der Waals surface area contributed by atoms with Crippen LogP contribution in [0.4, 0.5) is 0 Å². The van der Waals surface area contributed by atoms with Gasteiger partial charge in [0.15, 0.2) is 0 Å². The first-order valence-corrected chi connectivity index (χ1v) is 5.92. The van der Waals surface area contributed by atoms with Crippen LogP contribution in [0, 0.1) is 17.2 Å². The second-order valence-corrected chi connectivity index (χ2v) is 4.33. The Labute approximate surface area is 92.1 Å². The third-order valence-corrected chi connectivity index (χ3v) is 3.05. The van der Waals surface area contributed by atoms with Crippen molar-refractivity contribution in [2.75, 3.05) is 13.1 Å². The molecule has 0 aromatic heterocycles. The summed E-state index contributed by atoms with van der Waals surface area (Å²) in [7, 11) is 0. The van der Waals surface area contributed by atoms with E-state index in [9.17, 15) is 4.79 Å². The van der Waals surface area contributed by atoms with E-state index in [0.717, 1.165) is 13.0 Å². The van der Waals surface area contributed by atoms with Gasteiger partial charge < -0.3 is 4.90 Å². The van der Waals surface area contributed by atoms with Crippen LogP contribution >= 0.6 is 0 Å². The Kier molecular flexibility index (Phi) is 5.17. The molecule has 84 valence electrons. The number of nitriles is 1. The lowest BCUT2D eigenvalue weighted by atomic mass is 10.0. The first kappa shape index (κ1) is 12.0. The number of carbonyl (C=O) groups is 1. The molecule has 1 rings (SSSR count). The topological polar surface area (TPSA) is 44.1 Å². The van der Waals surface area contributed by atoms with Gasteiger partial charge in [0.05, 0.1) is 6.07 Å². The minimum Gasteiger partial charge on any atom is -0.329 e. The van der Waals surface area contributed by atoms with E-state index in [0.29, 0.717) is 12.3 Å². The minimum atomic E-state index is 0.172. The summed E-state index contributed by atoms with van der Waals surface area (Å²) in [6.07, 6.45) is 6.50. The summed E-state index contributed by atoms with van der Waals surface area (Å²) in [6.45, 7) is 3.01. The van der Waals surface area contributed by atoms with Gasteiger partial charge in [-0.3, -0.25) is 4.79 Å². The van der Waals surface area contributed by atoms with Crippen LogP contribution < -0.4 is 0 Å². The maximum Gasteiger partial charge on any atom is 0.223 e. The summed E-state index contributed by atoms with van der Waals surface area (Å²) >= 11 is 0. The fraction of sp³-hybridized carbons (Fsp3) is 0.833. The Balaban J connectivity index is 2.37. The highest BCUT2D eigenvalue weighted by Crippen LogP contribution is 2.27. The highest BCUT2D eigenvalue weighted by molar-refractivity contribution is 5.76. The number of hydrogen-bond donors (Lipinski definition) is 0. The molecule has 1 aliphatic carbocycles. The third-order valence-electron chi connectivity index (χ3n) is 3.05. The van der Waals surface area contributed by atoms with Gasteiger partial charge in [-0.25, -0.2) is 0 Å². The Morgan fingerprint density at radius 1 is 1.47 bits per heavy atom. The van der Waals surface area contributed by atoms with E-state index in [-0.39, 0.29) is 12.5 Å². The monoisotopic (exact) mass is 208 g/mol. The predicted molar refractivity (Wildman–Crippen MR) is 59.1 cm³/mol. The van der Waals surface area contributed by atoms with Crippen molar-refractivity contribution in [3.05, 3.63) is 0 Å². The number of amides is 1. The van der Waals surface area contributed by atoms with Crippen LogP contribution in [0.3, 0.4) is 0 Å². The normalized spacial score (nSPS) is 16.3. The fourth-order valence-corrected chi connectivity index (χ4v) is 2.24.